The Bertz CT molecular complexity index is 1190. The number of ether oxygens (including phenoxy) is 2. The van der Waals surface area contributed by atoms with E-state index in [9.17, 15) is 9.59 Å². The number of rotatable bonds is 8. The average Bonchev–Trinajstić information content (AvgIpc) is 2.75. The van der Waals surface area contributed by atoms with Gasteiger partial charge in [0.25, 0.3) is 11.5 Å². The van der Waals surface area contributed by atoms with Crippen molar-refractivity contribution in [2.24, 2.45) is 5.92 Å². The second kappa shape index (κ2) is 10.2. The van der Waals surface area contributed by atoms with Gasteiger partial charge in [-0.1, -0.05) is 37.0 Å². The van der Waals surface area contributed by atoms with Crippen molar-refractivity contribution in [1.82, 2.24) is 14.9 Å². The van der Waals surface area contributed by atoms with E-state index in [0.29, 0.717) is 57.9 Å². The third-order valence-electron chi connectivity index (χ3n) is 4.76. The van der Waals surface area contributed by atoms with Gasteiger partial charge in [-0.05, 0) is 43.2 Å². The number of nitrogens with zero attached hydrogens (tertiary/aromatic N) is 2. The summed E-state index contributed by atoms with van der Waals surface area (Å²) in [5.74, 6) is 1.16. The number of hydrogen-bond acceptors (Lipinski definition) is 5. The van der Waals surface area contributed by atoms with Crippen LogP contribution in [-0.4, -0.2) is 41.0 Å². The van der Waals surface area contributed by atoms with Gasteiger partial charge in [-0.2, -0.15) is 0 Å². The number of H-pyrrole nitrogens is 1. The third kappa shape index (κ3) is 5.34. The zero-order valence-corrected chi connectivity index (χ0v) is 19.9. The van der Waals surface area contributed by atoms with Crippen LogP contribution in [0.25, 0.3) is 10.9 Å². The van der Waals surface area contributed by atoms with Crippen LogP contribution in [0, 0.1) is 5.92 Å². The first kappa shape index (κ1) is 23.9. The van der Waals surface area contributed by atoms with E-state index >= 15 is 0 Å². The Hall–Kier alpha value is -2.77. The normalized spacial score (nSPS) is 11.1. The lowest BCUT2D eigenvalue weighted by Crippen LogP contribution is -2.32. The average molecular weight is 478 g/mol. The van der Waals surface area contributed by atoms with Crippen molar-refractivity contribution in [2.45, 2.75) is 27.3 Å². The molecule has 9 heteroatoms. The molecule has 1 N–H and O–H groups in total. The maximum absolute atomic E-state index is 13.2. The van der Waals surface area contributed by atoms with E-state index in [2.05, 4.69) is 9.97 Å². The van der Waals surface area contributed by atoms with Crippen LogP contribution in [0.1, 0.15) is 37.0 Å². The maximum atomic E-state index is 13.2. The Morgan fingerprint density at radius 1 is 1.22 bits per heavy atom. The minimum absolute atomic E-state index is 0.110. The zero-order valence-electron chi connectivity index (χ0n) is 18.4. The first-order valence-electron chi connectivity index (χ1n) is 10.2. The van der Waals surface area contributed by atoms with Gasteiger partial charge in [0.05, 0.1) is 36.2 Å². The molecule has 2 aromatic carbocycles. The number of methoxy groups -OCH3 is 1. The second-order valence-corrected chi connectivity index (χ2v) is 8.53. The van der Waals surface area contributed by atoms with Crippen LogP contribution in [0.5, 0.6) is 11.5 Å². The highest BCUT2D eigenvalue weighted by Crippen LogP contribution is 2.37. The summed E-state index contributed by atoms with van der Waals surface area (Å²) in [7, 11) is 1.49. The molecule has 0 bridgehead atoms. The number of carbonyl (C=O) groups is 1. The fourth-order valence-corrected chi connectivity index (χ4v) is 3.59. The number of aromatic amines is 1. The van der Waals surface area contributed by atoms with Crippen molar-refractivity contribution in [2.75, 3.05) is 20.3 Å². The maximum Gasteiger partial charge on any atom is 0.258 e. The molecule has 3 rings (SSSR count). The topological polar surface area (TPSA) is 84.5 Å². The number of halogens is 2. The van der Waals surface area contributed by atoms with E-state index in [0.717, 1.165) is 0 Å². The smallest absolute Gasteiger partial charge is 0.258 e. The molecule has 0 aliphatic carbocycles. The summed E-state index contributed by atoms with van der Waals surface area (Å²) in [5.41, 5.74) is 0.523. The lowest BCUT2D eigenvalue weighted by Gasteiger charge is -2.22. The van der Waals surface area contributed by atoms with Crippen LogP contribution in [0.2, 0.25) is 10.0 Å². The lowest BCUT2D eigenvalue weighted by molar-refractivity contribution is 0.0748. The van der Waals surface area contributed by atoms with E-state index < -0.39 is 0 Å². The van der Waals surface area contributed by atoms with Crippen LogP contribution in [0.3, 0.4) is 0 Å². The van der Waals surface area contributed by atoms with Gasteiger partial charge in [-0.25, -0.2) is 4.98 Å². The van der Waals surface area contributed by atoms with Gasteiger partial charge < -0.3 is 19.4 Å². The summed E-state index contributed by atoms with van der Waals surface area (Å²) in [6, 6.07) is 8.03. The van der Waals surface area contributed by atoms with E-state index in [4.69, 9.17) is 32.7 Å². The quantitative estimate of drug-likeness (QED) is 0.496. The van der Waals surface area contributed by atoms with Crippen molar-refractivity contribution < 1.29 is 14.3 Å². The zero-order chi connectivity index (χ0) is 23.4. The summed E-state index contributed by atoms with van der Waals surface area (Å²) >= 11 is 12.4. The first-order chi connectivity index (χ1) is 15.2. The number of amides is 1. The number of fused-ring (bicyclic) bond motifs is 1. The van der Waals surface area contributed by atoms with Gasteiger partial charge in [0.1, 0.15) is 5.82 Å². The molecular formula is C23H25Cl2N3O4. The highest BCUT2D eigenvalue weighted by Gasteiger charge is 2.21. The number of nitrogens with one attached hydrogen (secondary N) is 1. The highest BCUT2D eigenvalue weighted by molar-refractivity contribution is 6.32. The Morgan fingerprint density at radius 2 is 1.97 bits per heavy atom. The molecule has 0 radical (unpaired) electrons. The molecule has 0 spiro atoms. The summed E-state index contributed by atoms with van der Waals surface area (Å²) in [5, 5.41) is 1.20. The van der Waals surface area contributed by atoms with E-state index in [-0.39, 0.29) is 23.0 Å². The Labute approximate surface area is 196 Å². The van der Waals surface area contributed by atoms with Crippen molar-refractivity contribution in [1.29, 1.82) is 0 Å². The van der Waals surface area contributed by atoms with Crippen LogP contribution in [0.4, 0.5) is 0 Å². The molecule has 0 saturated heterocycles. The molecular weight excluding hydrogens is 453 g/mol. The standard InChI is InChI=1S/C23H25Cl2N3O4/c1-5-28(11-20-26-18-10-15(24)6-7-16(18)22(29)27-20)23(30)14-8-17(25)21(19(9-14)31-4)32-12-13(2)3/h6-10,13H,5,11-12H2,1-4H3,(H,26,27,29). The highest BCUT2D eigenvalue weighted by atomic mass is 35.5. The van der Waals surface area contributed by atoms with Gasteiger partial charge >= 0.3 is 0 Å². The first-order valence-corrected chi connectivity index (χ1v) is 11.0. The molecule has 0 unspecified atom stereocenters. The molecule has 3 aromatic rings. The van der Waals surface area contributed by atoms with Crippen molar-refractivity contribution >= 4 is 40.0 Å². The molecule has 1 amide bonds. The number of aromatic nitrogens is 2. The molecule has 32 heavy (non-hydrogen) atoms. The van der Waals surface area contributed by atoms with Gasteiger partial charge in [0, 0.05) is 17.1 Å². The second-order valence-electron chi connectivity index (χ2n) is 7.69. The summed E-state index contributed by atoms with van der Waals surface area (Å²) in [6.07, 6.45) is 0. The van der Waals surface area contributed by atoms with E-state index in [1.54, 1.807) is 35.2 Å². The number of carbonyl (C=O) groups excluding carboxylic acids is 1. The SMILES string of the molecule is CCN(Cc1nc2cc(Cl)ccc2c(=O)[nH]1)C(=O)c1cc(Cl)c(OCC(C)C)c(OC)c1. The Kier molecular flexibility index (Phi) is 7.64. The van der Waals surface area contributed by atoms with Gasteiger partial charge in [0.15, 0.2) is 11.5 Å². The van der Waals surface area contributed by atoms with Crippen LogP contribution in [-0.2, 0) is 6.54 Å². The van der Waals surface area contributed by atoms with Crippen molar-refractivity contribution in [3.8, 4) is 11.5 Å². The predicted molar refractivity (Wildman–Crippen MR) is 126 cm³/mol. The minimum Gasteiger partial charge on any atom is -0.493 e. The fourth-order valence-electron chi connectivity index (χ4n) is 3.16. The Morgan fingerprint density at radius 3 is 2.62 bits per heavy atom. The van der Waals surface area contributed by atoms with Crippen molar-refractivity contribution in [3.05, 3.63) is 62.1 Å². The largest absolute Gasteiger partial charge is 0.493 e. The molecule has 0 fully saturated rings. The van der Waals surface area contributed by atoms with E-state index in [1.165, 1.54) is 7.11 Å². The lowest BCUT2D eigenvalue weighted by atomic mass is 10.1. The molecule has 1 heterocycles. The molecule has 1 aromatic heterocycles. The minimum atomic E-state index is -0.290. The van der Waals surface area contributed by atoms with Crippen LogP contribution >= 0.6 is 23.2 Å². The molecule has 0 saturated carbocycles. The predicted octanol–water partition coefficient (Wildman–Crippen LogP) is 4.94. The van der Waals surface area contributed by atoms with E-state index in [1.807, 2.05) is 20.8 Å². The van der Waals surface area contributed by atoms with Gasteiger partial charge in [0.2, 0.25) is 0 Å². The van der Waals surface area contributed by atoms with Crippen LogP contribution in [0.15, 0.2) is 35.1 Å². The molecule has 0 atom stereocenters. The molecule has 0 aliphatic heterocycles. The molecule has 7 nitrogen and oxygen atoms in total. The molecule has 0 aliphatic rings. The number of benzene rings is 2. The number of hydrogen-bond donors (Lipinski definition) is 1. The van der Waals surface area contributed by atoms with Gasteiger partial charge in [-0.3, -0.25) is 9.59 Å². The summed E-state index contributed by atoms with van der Waals surface area (Å²) < 4.78 is 11.2. The van der Waals surface area contributed by atoms with Crippen LogP contribution < -0.4 is 15.0 Å². The Balaban J connectivity index is 1.89. The summed E-state index contributed by atoms with van der Waals surface area (Å²) in [4.78, 5) is 34.4. The third-order valence-corrected chi connectivity index (χ3v) is 5.28. The molecule has 170 valence electrons. The van der Waals surface area contributed by atoms with Crippen molar-refractivity contribution in [3.63, 3.8) is 0 Å². The van der Waals surface area contributed by atoms with Gasteiger partial charge in [-0.15, -0.1) is 0 Å². The monoisotopic (exact) mass is 477 g/mol. The fraction of sp³-hybridized carbons (Fsp3) is 0.348. The summed E-state index contributed by atoms with van der Waals surface area (Å²) in [6.45, 7) is 6.86.